The van der Waals surface area contributed by atoms with E-state index in [-0.39, 0.29) is 25.0 Å². The first kappa shape index (κ1) is 22.6. The smallest absolute Gasteiger partial charge is 0.260 e. The van der Waals surface area contributed by atoms with E-state index in [9.17, 15) is 9.59 Å². The molecule has 3 rings (SSSR count). The summed E-state index contributed by atoms with van der Waals surface area (Å²) in [6.07, 6.45) is 3.21. The van der Waals surface area contributed by atoms with E-state index < -0.39 is 6.04 Å². The van der Waals surface area contributed by atoms with Crippen LogP contribution in [0.15, 0.2) is 84.3 Å². The molecule has 3 aromatic rings. The highest BCUT2D eigenvalue weighted by Gasteiger charge is 2.11. The van der Waals surface area contributed by atoms with Gasteiger partial charge in [-0.05, 0) is 42.3 Å². The summed E-state index contributed by atoms with van der Waals surface area (Å²) in [6.45, 7) is 1.83. The molecule has 0 saturated carbocycles. The maximum atomic E-state index is 12.3. The van der Waals surface area contributed by atoms with Crippen LogP contribution in [0.2, 0.25) is 0 Å². The Morgan fingerprint density at radius 1 is 1.00 bits per heavy atom. The number of pyridine rings is 1. The summed E-state index contributed by atoms with van der Waals surface area (Å²) in [4.78, 5) is 33.3. The number of anilines is 1. The summed E-state index contributed by atoms with van der Waals surface area (Å²) < 4.78 is 0. The number of oxime groups is 1. The van der Waals surface area contributed by atoms with Crippen molar-refractivity contribution >= 4 is 23.2 Å². The minimum absolute atomic E-state index is 0.203. The molecular weight excluding hydrogens is 406 g/mol. The standard InChI is InChI=1S/C24H25N5O3/c1-17(18-5-3-2-4-6-18)29-32-16-23(30)27-15-22(25)19-7-9-20(10-8-19)24(31)28-21-11-13-26-14-12-21/h2-14,22H,15-16,25H2,1H3,(H,27,30)(H,26,28,31)/b29-17-. The third-order valence-electron chi connectivity index (χ3n) is 4.65. The fraction of sp³-hybridized carbons (Fsp3) is 0.167. The summed E-state index contributed by atoms with van der Waals surface area (Å²) in [6, 6.07) is 19.5. The lowest BCUT2D eigenvalue weighted by molar-refractivity contribution is -0.125. The molecule has 0 radical (unpaired) electrons. The molecule has 0 saturated heterocycles. The molecule has 0 aliphatic carbocycles. The van der Waals surface area contributed by atoms with E-state index in [0.29, 0.717) is 17.0 Å². The maximum Gasteiger partial charge on any atom is 0.260 e. The Morgan fingerprint density at radius 3 is 2.38 bits per heavy atom. The van der Waals surface area contributed by atoms with Crippen molar-refractivity contribution in [2.24, 2.45) is 10.9 Å². The molecule has 1 aromatic heterocycles. The lowest BCUT2D eigenvalue weighted by Crippen LogP contribution is -2.34. The first-order chi connectivity index (χ1) is 15.5. The van der Waals surface area contributed by atoms with Crippen molar-refractivity contribution in [3.05, 3.63) is 95.8 Å². The third kappa shape index (κ3) is 6.75. The van der Waals surface area contributed by atoms with Crippen LogP contribution in [-0.2, 0) is 9.63 Å². The number of hydrogen-bond acceptors (Lipinski definition) is 6. The zero-order valence-electron chi connectivity index (χ0n) is 17.7. The number of benzene rings is 2. The van der Waals surface area contributed by atoms with Crippen LogP contribution in [0.5, 0.6) is 0 Å². The molecule has 32 heavy (non-hydrogen) atoms. The van der Waals surface area contributed by atoms with Gasteiger partial charge in [0.2, 0.25) is 0 Å². The molecule has 2 aromatic carbocycles. The molecule has 0 aliphatic heterocycles. The predicted octanol–water partition coefficient (Wildman–Crippen LogP) is 2.89. The van der Waals surface area contributed by atoms with E-state index in [4.69, 9.17) is 10.6 Å². The van der Waals surface area contributed by atoms with E-state index in [0.717, 1.165) is 11.1 Å². The maximum absolute atomic E-state index is 12.3. The predicted molar refractivity (Wildman–Crippen MR) is 123 cm³/mol. The van der Waals surface area contributed by atoms with Gasteiger partial charge in [-0.15, -0.1) is 0 Å². The molecule has 0 fully saturated rings. The Labute approximate surface area is 186 Å². The topological polar surface area (TPSA) is 119 Å². The van der Waals surface area contributed by atoms with Gasteiger partial charge in [0.05, 0.1) is 5.71 Å². The quantitative estimate of drug-likeness (QED) is 0.356. The zero-order valence-corrected chi connectivity index (χ0v) is 17.7. The van der Waals surface area contributed by atoms with Gasteiger partial charge >= 0.3 is 0 Å². The minimum Gasteiger partial charge on any atom is -0.385 e. The Hall–Kier alpha value is -4.04. The molecule has 2 amide bonds. The molecule has 1 unspecified atom stereocenters. The number of carbonyl (C=O) groups excluding carboxylic acids is 2. The van der Waals surface area contributed by atoms with Crippen molar-refractivity contribution in [2.75, 3.05) is 18.5 Å². The van der Waals surface area contributed by atoms with Crippen LogP contribution in [0.25, 0.3) is 0 Å². The Morgan fingerprint density at radius 2 is 1.69 bits per heavy atom. The van der Waals surface area contributed by atoms with Crippen molar-refractivity contribution in [1.29, 1.82) is 0 Å². The molecule has 4 N–H and O–H groups in total. The fourth-order valence-electron chi connectivity index (χ4n) is 2.83. The molecule has 0 bridgehead atoms. The molecule has 0 aliphatic rings. The molecule has 164 valence electrons. The molecule has 1 heterocycles. The molecule has 1 atom stereocenters. The van der Waals surface area contributed by atoms with Crippen molar-refractivity contribution in [3.63, 3.8) is 0 Å². The Kier molecular flexibility index (Phi) is 8.05. The summed E-state index contributed by atoms with van der Waals surface area (Å²) in [5, 5.41) is 9.47. The van der Waals surface area contributed by atoms with Crippen molar-refractivity contribution < 1.29 is 14.4 Å². The number of nitrogens with zero attached hydrogens (tertiary/aromatic N) is 2. The summed E-state index contributed by atoms with van der Waals surface area (Å²) >= 11 is 0. The number of nitrogens with two attached hydrogens (primary N) is 1. The monoisotopic (exact) mass is 431 g/mol. The molecule has 8 nitrogen and oxygen atoms in total. The second-order valence-corrected chi connectivity index (χ2v) is 7.04. The number of hydrogen-bond donors (Lipinski definition) is 3. The van der Waals surface area contributed by atoms with Gasteiger partial charge in [-0.1, -0.05) is 47.6 Å². The van der Waals surface area contributed by atoms with Crippen LogP contribution in [0.4, 0.5) is 5.69 Å². The normalized spacial score (nSPS) is 12.0. The van der Waals surface area contributed by atoms with Crippen molar-refractivity contribution in [1.82, 2.24) is 10.3 Å². The van der Waals surface area contributed by atoms with Crippen LogP contribution in [0, 0.1) is 0 Å². The first-order valence-electron chi connectivity index (χ1n) is 10.1. The highest BCUT2D eigenvalue weighted by Crippen LogP contribution is 2.13. The van der Waals surface area contributed by atoms with Gasteiger partial charge in [0.1, 0.15) is 0 Å². The fourth-order valence-corrected chi connectivity index (χ4v) is 2.83. The van der Waals surface area contributed by atoms with Crippen LogP contribution in [-0.4, -0.2) is 35.7 Å². The van der Waals surface area contributed by atoms with Gasteiger partial charge in [-0.3, -0.25) is 14.6 Å². The van der Waals surface area contributed by atoms with Crippen LogP contribution >= 0.6 is 0 Å². The van der Waals surface area contributed by atoms with E-state index in [1.165, 1.54) is 0 Å². The van der Waals surface area contributed by atoms with Crippen molar-refractivity contribution in [3.8, 4) is 0 Å². The van der Waals surface area contributed by atoms with E-state index >= 15 is 0 Å². The van der Waals surface area contributed by atoms with Gasteiger partial charge in [-0.25, -0.2) is 0 Å². The molecular formula is C24H25N5O3. The van der Waals surface area contributed by atoms with Gasteiger partial charge < -0.3 is 21.2 Å². The highest BCUT2D eigenvalue weighted by atomic mass is 16.6. The highest BCUT2D eigenvalue weighted by molar-refractivity contribution is 6.04. The van der Waals surface area contributed by atoms with E-state index in [1.54, 1.807) is 48.8 Å². The Balaban J connectivity index is 1.43. The average Bonchev–Trinajstić information content (AvgIpc) is 2.83. The SMILES string of the molecule is C/C(=N/OCC(=O)NCC(N)c1ccc(C(=O)Nc2ccncc2)cc1)c1ccccc1. The Bertz CT molecular complexity index is 1050. The van der Waals surface area contributed by atoms with Gasteiger partial charge in [0.15, 0.2) is 6.61 Å². The second-order valence-electron chi connectivity index (χ2n) is 7.04. The average molecular weight is 431 g/mol. The van der Waals surface area contributed by atoms with Gasteiger partial charge in [0, 0.05) is 36.2 Å². The summed E-state index contributed by atoms with van der Waals surface area (Å²) in [5.74, 6) is -0.550. The summed E-state index contributed by atoms with van der Waals surface area (Å²) in [7, 11) is 0. The lowest BCUT2D eigenvalue weighted by atomic mass is 10.0. The lowest BCUT2D eigenvalue weighted by Gasteiger charge is -2.14. The molecule has 0 spiro atoms. The van der Waals surface area contributed by atoms with Crippen LogP contribution in [0.3, 0.4) is 0 Å². The number of rotatable bonds is 9. The molecule has 8 heteroatoms. The number of carbonyl (C=O) groups is 2. The van der Waals surface area contributed by atoms with E-state index in [1.807, 2.05) is 37.3 Å². The third-order valence-corrected chi connectivity index (χ3v) is 4.65. The first-order valence-corrected chi connectivity index (χ1v) is 10.1. The van der Waals surface area contributed by atoms with Crippen LogP contribution in [0.1, 0.15) is 34.5 Å². The number of amides is 2. The zero-order chi connectivity index (χ0) is 22.8. The van der Waals surface area contributed by atoms with E-state index in [2.05, 4.69) is 20.8 Å². The van der Waals surface area contributed by atoms with Gasteiger partial charge in [-0.2, -0.15) is 0 Å². The number of aromatic nitrogens is 1. The largest absolute Gasteiger partial charge is 0.385 e. The van der Waals surface area contributed by atoms with Crippen molar-refractivity contribution in [2.45, 2.75) is 13.0 Å². The second kappa shape index (κ2) is 11.4. The number of nitrogens with one attached hydrogen (secondary N) is 2. The summed E-state index contributed by atoms with van der Waals surface area (Å²) in [5.41, 5.74) is 9.73. The van der Waals surface area contributed by atoms with Gasteiger partial charge in [0.25, 0.3) is 11.8 Å². The van der Waals surface area contributed by atoms with Crippen LogP contribution < -0.4 is 16.4 Å². The minimum atomic E-state index is -0.425.